The molecule has 44 valence electrons. The molecule has 0 spiro atoms. The first-order chi connectivity index (χ1) is 4.38. The lowest BCUT2D eigenvalue weighted by atomic mass is 10.1. The molecule has 0 N–H and O–H groups in total. The summed E-state index contributed by atoms with van der Waals surface area (Å²) in [6, 6.07) is 0. The highest BCUT2D eigenvalue weighted by Crippen LogP contribution is 2.28. The standard InChI is InChI=1S/C9H8/c1-7-5-6-8-3-2-4-9(7)8/h2-6H,1H3. The SMILES string of the molecule is CC1=C2C=CC=C2C=C1. The van der Waals surface area contributed by atoms with Gasteiger partial charge in [-0.2, -0.15) is 0 Å². The first-order valence-electron chi connectivity index (χ1n) is 3.15. The van der Waals surface area contributed by atoms with Crippen molar-refractivity contribution >= 4 is 0 Å². The summed E-state index contributed by atoms with van der Waals surface area (Å²) in [4.78, 5) is 0. The Kier molecular flexibility index (Phi) is 0.786. The molecule has 0 heteroatoms. The van der Waals surface area contributed by atoms with Crippen LogP contribution in [0.25, 0.3) is 0 Å². The Bertz CT molecular complexity index is 260. The van der Waals surface area contributed by atoms with Crippen molar-refractivity contribution in [2.75, 3.05) is 0 Å². The van der Waals surface area contributed by atoms with Gasteiger partial charge in [0.05, 0.1) is 0 Å². The van der Waals surface area contributed by atoms with Crippen LogP contribution in [0, 0.1) is 0 Å². The lowest BCUT2D eigenvalue weighted by Crippen LogP contribution is -1.72. The van der Waals surface area contributed by atoms with Crippen molar-refractivity contribution in [3.8, 4) is 0 Å². The third kappa shape index (κ3) is 0.531. The fourth-order valence-electron chi connectivity index (χ4n) is 1.24. The maximum atomic E-state index is 2.16. The Morgan fingerprint density at radius 1 is 1.11 bits per heavy atom. The van der Waals surface area contributed by atoms with Gasteiger partial charge in [0.1, 0.15) is 0 Å². The third-order valence-corrected chi connectivity index (χ3v) is 1.79. The monoisotopic (exact) mass is 116 g/mol. The quantitative estimate of drug-likeness (QED) is 0.455. The number of hydrogen-bond donors (Lipinski definition) is 0. The van der Waals surface area contributed by atoms with Crippen molar-refractivity contribution < 1.29 is 0 Å². The van der Waals surface area contributed by atoms with Crippen LogP contribution >= 0.6 is 0 Å². The van der Waals surface area contributed by atoms with E-state index in [0.29, 0.717) is 0 Å². The van der Waals surface area contributed by atoms with Crippen LogP contribution in [0.1, 0.15) is 6.92 Å². The van der Waals surface area contributed by atoms with Crippen molar-refractivity contribution in [2.45, 2.75) is 6.92 Å². The molecule has 0 unspecified atom stereocenters. The molecule has 0 bridgehead atoms. The predicted molar refractivity (Wildman–Crippen MR) is 39.1 cm³/mol. The zero-order chi connectivity index (χ0) is 6.27. The highest BCUT2D eigenvalue weighted by atomic mass is 14.1. The molecule has 0 nitrogen and oxygen atoms in total. The van der Waals surface area contributed by atoms with Gasteiger partial charge in [-0.25, -0.2) is 0 Å². The topological polar surface area (TPSA) is 0 Å². The minimum absolute atomic E-state index is 1.37. The summed E-state index contributed by atoms with van der Waals surface area (Å²) in [6.45, 7) is 2.14. The highest BCUT2D eigenvalue weighted by molar-refractivity contribution is 5.62. The van der Waals surface area contributed by atoms with Gasteiger partial charge < -0.3 is 0 Å². The Morgan fingerprint density at radius 3 is 2.78 bits per heavy atom. The molecular formula is C9H8. The largest absolute Gasteiger partial charge is 0.0610 e. The van der Waals surface area contributed by atoms with Crippen molar-refractivity contribution in [3.63, 3.8) is 0 Å². The molecule has 0 aromatic carbocycles. The zero-order valence-electron chi connectivity index (χ0n) is 5.39. The second kappa shape index (κ2) is 1.47. The minimum atomic E-state index is 1.37. The summed E-state index contributed by atoms with van der Waals surface area (Å²) < 4.78 is 0. The van der Waals surface area contributed by atoms with Crippen LogP contribution in [0.2, 0.25) is 0 Å². The molecule has 2 rings (SSSR count). The summed E-state index contributed by atoms with van der Waals surface area (Å²) in [5.41, 5.74) is 4.15. The maximum absolute atomic E-state index is 2.16. The normalized spacial score (nSPS) is 21.2. The van der Waals surface area contributed by atoms with Gasteiger partial charge >= 0.3 is 0 Å². The van der Waals surface area contributed by atoms with E-state index in [0.717, 1.165) is 0 Å². The van der Waals surface area contributed by atoms with Gasteiger partial charge in [0, 0.05) is 0 Å². The molecule has 0 atom stereocenters. The Morgan fingerprint density at radius 2 is 2.00 bits per heavy atom. The van der Waals surface area contributed by atoms with Crippen LogP contribution < -0.4 is 0 Å². The zero-order valence-corrected chi connectivity index (χ0v) is 5.39. The molecule has 9 heavy (non-hydrogen) atoms. The lowest BCUT2D eigenvalue weighted by Gasteiger charge is -1.91. The molecule has 0 saturated carbocycles. The second-order valence-corrected chi connectivity index (χ2v) is 2.41. The molecule has 0 heterocycles. The summed E-state index contributed by atoms with van der Waals surface area (Å²) in [7, 11) is 0. The third-order valence-electron chi connectivity index (χ3n) is 1.79. The van der Waals surface area contributed by atoms with Gasteiger partial charge in [-0.3, -0.25) is 0 Å². The molecule has 0 saturated heterocycles. The summed E-state index contributed by atoms with van der Waals surface area (Å²) >= 11 is 0. The van der Waals surface area contributed by atoms with Crippen LogP contribution in [0.4, 0.5) is 0 Å². The average Bonchev–Trinajstić information content (AvgIpc) is 2.35. The van der Waals surface area contributed by atoms with Gasteiger partial charge in [0.2, 0.25) is 0 Å². The number of rotatable bonds is 0. The first kappa shape index (κ1) is 4.80. The summed E-state index contributed by atoms with van der Waals surface area (Å²) in [5.74, 6) is 0. The number of hydrogen-bond acceptors (Lipinski definition) is 0. The van der Waals surface area contributed by atoms with E-state index in [1.807, 2.05) is 0 Å². The van der Waals surface area contributed by atoms with Crippen LogP contribution in [0.15, 0.2) is 47.1 Å². The fraction of sp³-hybridized carbons (Fsp3) is 0.111. The van der Waals surface area contributed by atoms with E-state index in [4.69, 9.17) is 0 Å². The van der Waals surface area contributed by atoms with Gasteiger partial charge in [0.25, 0.3) is 0 Å². The van der Waals surface area contributed by atoms with Crippen LogP contribution in [-0.4, -0.2) is 0 Å². The molecule has 0 amide bonds. The van der Waals surface area contributed by atoms with Crippen LogP contribution in [0.3, 0.4) is 0 Å². The summed E-state index contributed by atoms with van der Waals surface area (Å²) in [5, 5.41) is 0. The van der Waals surface area contributed by atoms with Gasteiger partial charge in [-0.1, -0.05) is 30.4 Å². The number of fused-ring (bicyclic) bond motifs is 1. The van der Waals surface area contributed by atoms with E-state index in [1.54, 1.807) is 0 Å². The smallest absolute Gasteiger partial charge is 0.0155 e. The molecule has 0 radical (unpaired) electrons. The Balaban J connectivity index is 2.62. The Hall–Kier alpha value is -1.04. The lowest BCUT2D eigenvalue weighted by molar-refractivity contribution is 1.49. The van der Waals surface area contributed by atoms with E-state index in [9.17, 15) is 0 Å². The van der Waals surface area contributed by atoms with E-state index < -0.39 is 0 Å². The molecular weight excluding hydrogens is 108 g/mol. The van der Waals surface area contributed by atoms with Gasteiger partial charge in [-0.05, 0) is 23.6 Å². The van der Waals surface area contributed by atoms with E-state index in [-0.39, 0.29) is 0 Å². The van der Waals surface area contributed by atoms with Crippen LogP contribution in [0.5, 0.6) is 0 Å². The maximum Gasteiger partial charge on any atom is -0.0155 e. The van der Waals surface area contributed by atoms with E-state index >= 15 is 0 Å². The van der Waals surface area contributed by atoms with Crippen molar-refractivity contribution in [2.24, 2.45) is 0 Å². The summed E-state index contributed by atoms with van der Waals surface area (Å²) in [6.07, 6.45) is 10.7. The number of allylic oxidation sites excluding steroid dienone is 8. The second-order valence-electron chi connectivity index (χ2n) is 2.41. The van der Waals surface area contributed by atoms with Crippen LogP contribution in [-0.2, 0) is 0 Å². The predicted octanol–water partition coefficient (Wildman–Crippen LogP) is 2.37. The molecule has 0 aromatic heterocycles. The Labute approximate surface area is 54.9 Å². The molecule has 0 fully saturated rings. The van der Waals surface area contributed by atoms with Crippen molar-refractivity contribution in [1.82, 2.24) is 0 Å². The molecule has 0 aromatic rings. The molecule has 2 aliphatic carbocycles. The molecule has 2 aliphatic rings. The average molecular weight is 116 g/mol. The highest BCUT2D eigenvalue weighted by Gasteiger charge is 2.09. The van der Waals surface area contributed by atoms with Crippen molar-refractivity contribution in [3.05, 3.63) is 47.1 Å². The fourth-order valence-corrected chi connectivity index (χ4v) is 1.24. The van der Waals surface area contributed by atoms with E-state index in [2.05, 4.69) is 37.3 Å². The minimum Gasteiger partial charge on any atom is -0.0610 e. The van der Waals surface area contributed by atoms with Crippen molar-refractivity contribution in [1.29, 1.82) is 0 Å². The van der Waals surface area contributed by atoms with Gasteiger partial charge in [0.15, 0.2) is 0 Å². The van der Waals surface area contributed by atoms with E-state index in [1.165, 1.54) is 16.7 Å². The van der Waals surface area contributed by atoms with Gasteiger partial charge in [-0.15, -0.1) is 0 Å². The first-order valence-corrected chi connectivity index (χ1v) is 3.15. The molecule has 0 aliphatic heterocycles.